The number of nitrogens with zero attached hydrogens (tertiary/aromatic N) is 3. The maximum atomic E-state index is 11.7. The zero-order chi connectivity index (χ0) is 14.4. The van der Waals surface area contributed by atoms with Gasteiger partial charge in [0.2, 0.25) is 5.91 Å². The molecule has 0 fully saturated rings. The number of carbonyl (C=O) groups is 2. The first-order valence-corrected chi connectivity index (χ1v) is 6.03. The molecule has 1 aromatic rings. The Morgan fingerprint density at radius 3 is 2.68 bits per heavy atom. The standard InChI is InChI=1S/C11H19N5O3/c1-7(2)3-9(11(18)19)13-10(17)6-16-5-8(4-12)14-15-16/h5,7,9H,3-4,6,12H2,1-2H3,(H,13,17)(H,18,19)/t9-/m1/s1. The lowest BCUT2D eigenvalue weighted by atomic mass is 10.0. The quantitative estimate of drug-likeness (QED) is 0.604. The van der Waals surface area contributed by atoms with Crippen molar-refractivity contribution in [3.8, 4) is 0 Å². The molecular weight excluding hydrogens is 250 g/mol. The van der Waals surface area contributed by atoms with Crippen LogP contribution >= 0.6 is 0 Å². The number of carbonyl (C=O) groups excluding carboxylic acids is 1. The number of aromatic nitrogens is 3. The molecule has 0 aliphatic carbocycles. The van der Waals surface area contributed by atoms with E-state index in [1.165, 1.54) is 4.68 Å². The van der Waals surface area contributed by atoms with Crippen molar-refractivity contribution < 1.29 is 14.7 Å². The third-order valence-electron chi connectivity index (χ3n) is 2.44. The van der Waals surface area contributed by atoms with Crippen molar-refractivity contribution in [3.63, 3.8) is 0 Å². The van der Waals surface area contributed by atoms with Crippen molar-refractivity contribution in [2.75, 3.05) is 0 Å². The molecule has 8 nitrogen and oxygen atoms in total. The molecule has 106 valence electrons. The van der Waals surface area contributed by atoms with Gasteiger partial charge >= 0.3 is 5.97 Å². The van der Waals surface area contributed by atoms with Crippen molar-refractivity contribution in [3.05, 3.63) is 11.9 Å². The van der Waals surface area contributed by atoms with Crippen LogP contribution in [0.2, 0.25) is 0 Å². The molecule has 0 unspecified atom stereocenters. The first kappa shape index (κ1) is 15.1. The van der Waals surface area contributed by atoms with Crippen LogP contribution in [-0.2, 0) is 22.7 Å². The summed E-state index contributed by atoms with van der Waals surface area (Å²) in [6.07, 6.45) is 1.93. The third-order valence-corrected chi connectivity index (χ3v) is 2.44. The van der Waals surface area contributed by atoms with Crippen LogP contribution in [0.1, 0.15) is 26.0 Å². The average Bonchev–Trinajstić information content (AvgIpc) is 2.75. The number of nitrogens with two attached hydrogens (primary N) is 1. The normalized spacial score (nSPS) is 12.4. The highest BCUT2D eigenvalue weighted by Crippen LogP contribution is 2.05. The minimum Gasteiger partial charge on any atom is -0.480 e. The molecular formula is C11H19N5O3. The van der Waals surface area contributed by atoms with Gasteiger partial charge in [0, 0.05) is 6.54 Å². The average molecular weight is 269 g/mol. The maximum Gasteiger partial charge on any atom is 0.326 e. The SMILES string of the molecule is CC(C)C[C@@H](NC(=O)Cn1cc(CN)nn1)C(=O)O. The Hall–Kier alpha value is -1.96. The molecule has 0 aromatic carbocycles. The van der Waals surface area contributed by atoms with E-state index in [2.05, 4.69) is 15.6 Å². The predicted octanol–water partition coefficient (Wildman–Crippen LogP) is -0.648. The van der Waals surface area contributed by atoms with Gasteiger partial charge in [0.15, 0.2) is 0 Å². The van der Waals surface area contributed by atoms with Gasteiger partial charge in [0.05, 0.1) is 11.9 Å². The number of aliphatic carboxylic acids is 1. The monoisotopic (exact) mass is 269 g/mol. The second-order valence-electron chi connectivity index (χ2n) is 4.70. The molecule has 1 heterocycles. The van der Waals surface area contributed by atoms with Crippen LogP contribution in [0.4, 0.5) is 0 Å². The molecule has 1 amide bonds. The summed E-state index contributed by atoms with van der Waals surface area (Å²) < 4.78 is 1.33. The van der Waals surface area contributed by atoms with Crippen molar-refractivity contribution in [1.82, 2.24) is 20.3 Å². The minimum atomic E-state index is -1.04. The highest BCUT2D eigenvalue weighted by atomic mass is 16.4. The van der Waals surface area contributed by atoms with E-state index < -0.39 is 17.9 Å². The summed E-state index contributed by atoms with van der Waals surface area (Å²) in [6.45, 7) is 3.96. The second-order valence-corrected chi connectivity index (χ2v) is 4.70. The van der Waals surface area contributed by atoms with E-state index in [-0.39, 0.29) is 19.0 Å². The Balaban J connectivity index is 2.54. The van der Waals surface area contributed by atoms with E-state index in [4.69, 9.17) is 10.8 Å². The highest BCUT2D eigenvalue weighted by molar-refractivity contribution is 5.83. The van der Waals surface area contributed by atoms with Crippen LogP contribution in [0.5, 0.6) is 0 Å². The fourth-order valence-corrected chi connectivity index (χ4v) is 1.59. The zero-order valence-corrected chi connectivity index (χ0v) is 11.0. The lowest BCUT2D eigenvalue weighted by Gasteiger charge is -2.16. The Kier molecular flexibility index (Phi) is 5.43. The summed E-state index contributed by atoms with van der Waals surface area (Å²) in [5, 5.41) is 18.9. The van der Waals surface area contributed by atoms with E-state index in [0.29, 0.717) is 12.1 Å². The number of nitrogens with one attached hydrogen (secondary N) is 1. The topological polar surface area (TPSA) is 123 Å². The first-order chi connectivity index (χ1) is 8.92. The number of amides is 1. The molecule has 0 spiro atoms. The summed E-state index contributed by atoms with van der Waals surface area (Å²) in [4.78, 5) is 22.7. The number of rotatable bonds is 7. The van der Waals surface area contributed by atoms with Crippen molar-refractivity contribution in [2.24, 2.45) is 11.7 Å². The predicted molar refractivity (Wildman–Crippen MR) is 66.9 cm³/mol. The Bertz CT molecular complexity index is 443. The number of hydrogen-bond donors (Lipinski definition) is 3. The van der Waals surface area contributed by atoms with Crippen LogP contribution in [0.15, 0.2) is 6.20 Å². The lowest BCUT2D eigenvalue weighted by Crippen LogP contribution is -2.43. The van der Waals surface area contributed by atoms with Gasteiger partial charge in [-0.05, 0) is 12.3 Å². The molecule has 8 heteroatoms. The van der Waals surface area contributed by atoms with Crippen LogP contribution in [0.3, 0.4) is 0 Å². The van der Waals surface area contributed by atoms with Crippen molar-refractivity contribution in [2.45, 2.75) is 39.4 Å². The molecule has 1 atom stereocenters. The van der Waals surface area contributed by atoms with Gasteiger partial charge in [-0.25, -0.2) is 9.48 Å². The Morgan fingerprint density at radius 2 is 2.21 bits per heavy atom. The fraction of sp³-hybridized carbons (Fsp3) is 0.636. The minimum absolute atomic E-state index is 0.0745. The van der Waals surface area contributed by atoms with Crippen LogP contribution < -0.4 is 11.1 Å². The van der Waals surface area contributed by atoms with E-state index in [1.54, 1.807) is 6.20 Å². The number of hydrogen-bond acceptors (Lipinski definition) is 5. The molecule has 1 rings (SSSR count). The summed E-state index contributed by atoms with van der Waals surface area (Å²) in [5.74, 6) is -1.28. The van der Waals surface area contributed by atoms with Gasteiger partial charge in [-0.3, -0.25) is 4.79 Å². The van der Waals surface area contributed by atoms with Gasteiger partial charge < -0.3 is 16.2 Å². The second kappa shape index (κ2) is 6.83. The first-order valence-electron chi connectivity index (χ1n) is 6.03. The van der Waals surface area contributed by atoms with Gasteiger partial charge in [0.1, 0.15) is 12.6 Å². The van der Waals surface area contributed by atoms with Crippen LogP contribution in [0.25, 0.3) is 0 Å². The highest BCUT2D eigenvalue weighted by Gasteiger charge is 2.21. The summed E-state index contributed by atoms with van der Waals surface area (Å²) in [7, 11) is 0. The molecule has 0 aliphatic heterocycles. The molecule has 0 saturated heterocycles. The molecule has 4 N–H and O–H groups in total. The van der Waals surface area contributed by atoms with E-state index in [1.807, 2.05) is 13.8 Å². The zero-order valence-electron chi connectivity index (χ0n) is 11.0. The Labute approximate surface area is 111 Å². The molecule has 0 radical (unpaired) electrons. The largest absolute Gasteiger partial charge is 0.480 e. The van der Waals surface area contributed by atoms with Crippen molar-refractivity contribution in [1.29, 1.82) is 0 Å². The molecule has 1 aromatic heterocycles. The summed E-state index contributed by atoms with van der Waals surface area (Å²) in [5.41, 5.74) is 5.95. The van der Waals surface area contributed by atoms with Gasteiger partial charge in [-0.1, -0.05) is 19.1 Å². The number of carboxylic acids is 1. The lowest BCUT2D eigenvalue weighted by molar-refractivity contribution is -0.142. The van der Waals surface area contributed by atoms with Gasteiger partial charge in [-0.15, -0.1) is 5.10 Å². The fourth-order valence-electron chi connectivity index (χ4n) is 1.59. The van der Waals surface area contributed by atoms with Crippen LogP contribution in [0, 0.1) is 5.92 Å². The van der Waals surface area contributed by atoms with Crippen LogP contribution in [-0.4, -0.2) is 38.0 Å². The van der Waals surface area contributed by atoms with Gasteiger partial charge in [0.25, 0.3) is 0 Å². The molecule has 0 bridgehead atoms. The number of carboxylic acid groups (broad SMARTS) is 1. The van der Waals surface area contributed by atoms with E-state index in [0.717, 1.165) is 0 Å². The van der Waals surface area contributed by atoms with Gasteiger partial charge in [-0.2, -0.15) is 0 Å². The molecule has 0 saturated carbocycles. The molecule has 19 heavy (non-hydrogen) atoms. The van der Waals surface area contributed by atoms with E-state index >= 15 is 0 Å². The summed E-state index contributed by atoms with van der Waals surface area (Å²) >= 11 is 0. The molecule has 0 aliphatic rings. The maximum absolute atomic E-state index is 11.7. The Morgan fingerprint density at radius 1 is 1.53 bits per heavy atom. The smallest absolute Gasteiger partial charge is 0.326 e. The van der Waals surface area contributed by atoms with Crippen molar-refractivity contribution >= 4 is 11.9 Å². The summed E-state index contributed by atoms with van der Waals surface area (Å²) in [6, 6.07) is -0.884. The van der Waals surface area contributed by atoms with E-state index in [9.17, 15) is 9.59 Å². The third kappa shape index (κ3) is 5.04.